The van der Waals surface area contributed by atoms with Gasteiger partial charge in [0, 0.05) is 37.4 Å². The van der Waals surface area contributed by atoms with Crippen molar-refractivity contribution in [1.29, 1.82) is 0 Å². The molecule has 7 heteroatoms. The quantitative estimate of drug-likeness (QED) is 0.909. The predicted octanol–water partition coefficient (Wildman–Crippen LogP) is 2.04. The molecule has 0 radical (unpaired) electrons. The van der Waals surface area contributed by atoms with Crippen molar-refractivity contribution in [2.45, 2.75) is 0 Å². The maximum absolute atomic E-state index is 13.2. The van der Waals surface area contributed by atoms with Crippen LogP contribution in [0.15, 0.2) is 48.5 Å². The van der Waals surface area contributed by atoms with Gasteiger partial charge in [-0.3, -0.25) is 9.59 Å². The molecule has 2 aromatic rings. The molecule has 26 heavy (non-hydrogen) atoms. The number of nitrogens with zero attached hydrogens (tertiary/aromatic N) is 2. The van der Waals surface area contributed by atoms with Gasteiger partial charge in [-0.05, 0) is 30.3 Å². The highest BCUT2D eigenvalue weighted by atomic mass is 19.2. The molecular weight excluding hydrogens is 340 g/mol. The fourth-order valence-electron chi connectivity index (χ4n) is 2.86. The molecule has 2 aromatic carbocycles. The van der Waals surface area contributed by atoms with Crippen LogP contribution in [0.1, 0.15) is 10.4 Å². The number of para-hydroxylation sites is 1. The number of rotatable bonds is 4. The molecule has 1 saturated heterocycles. The second-order valence-electron chi connectivity index (χ2n) is 6.01. The smallest absolute Gasteiger partial charge is 0.251 e. The van der Waals surface area contributed by atoms with Crippen LogP contribution in [0, 0.1) is 11.6 Å². The van der Waals surface area contributed by atoms with E-state index >= 15 is 0 Å². The topological polar surface area (TPSA) is 52.7 Å². The summed E-state index contributed by atoms with van der Waals surface area (Å²) in [6, 6.07) is 12.8. The summed E-state index contributed by atoms with van der Waals surface area (Å²) in [5.41, 5.74) is 1.09. The minimum Gasteiger partial charge on any atom is -0.368 e. The molecule has 0 bridgehead atoms. The maximum atomic E-state index is 13.2. The molecule has 2 amide bonds. The molecule has 0 spiro atoms. The fraction of sp³-hybridized carbons (Fsp3) is 0.263. The molecule has 0 aromatic heterocycles. The normalized spacial score (nSPS) is 14.2. The van der Waals surface area contributed by atoms with E-state index in [1.54, 1.807) is 4.90 Å². The molecule has 3 rings (SSSR count). The molecule has 0 unspecified atom stereocenters. The Bertz CT molecular complexity index is 791. The first-order valence-corrected chi connectivity index (χ1v) is 8.35. The van der Waals surface area contributed by atoms with Gasteiger partial charge in [0.2, 0.25) is 5.91 Å². The number of benzene rings is 2. The van der Waals surface area contributed by atoms with Crippen LogP contribution in [0.25, 0.3) is 0 Å². The molecule has 1 aliphatic rings. The number of nitrogens with one attached hydrogen (secondary N) is 1. The van der Waals surface area contributed by atoms with Crippen LogP contribution >= 0.6 is 0 Å². The second-order valence-corrected chi connectivity index (χ2v) is 6.01. The van der Waals surface area contributed by atoms with Crippen LogP contribution in [0.2, 0.25) is 0 Å². The van der Waals surface area contributed by atoms with Gasteiger partial charge < -0.3 is 15.1 Å². The van der Waals surface area contributed by atoms with Crippen LogP contribution in [-0.2, 0) is 4.79 Å². The summed E-state index contributed by atoms with van der Waals surface area (Å²) in [4.78, 5) is 28.1. The van der Waals surface area contributed by atoms with Crippen molar-refractivity contribution in [3.05, 3.63) is 65.7 Å². The van der Waals surface area contributed by atoms with Crippen molar-refractivity contribution in [2.24, 2.45) is 0 Å². The molecule has 0 aliphatic carbocycles. The van der Waals surface area contributed by atoms with E-state index in [1.165, 1.54) is 6.07 Å². The minimum absolute atomic E-state index is 0.0226. The summed E-state index contributed by atoms with van der Waals surface area (Å²) in [7, 11) is 0. The summed E-state index contributed by atoms with van der Waals surface area (Å²) in [5, 5.41) is 2.45. The first kappa shape index (κ1) is 17.8. The number of halogens is 2. The van der Waals surface area contributed by atoms with Crippen LogP contribution < -0.4 is 10.2 Å². The molecule has 1 N–H and O–H groups in total. The van der Waals surface area contributed by atoms with Gasteiger partial charge in [-0.15, -0.1) is 0 Å². The first-order valence-electron chi connectivity index (χ1n) is 8.35. The van der Waals surface area contributed by atoms with E-state index in [0.29, 0.717) is 26.2 Å². The van der Waals surface area contributed by atoms with Gasteiger partial charge in [0.05, 0.1) is 6.54 Å². The Balaban J connectivity index is 1.48. The number of amides is 2. The van der Waals surface area contributed by atoms with Gasteiger partial charge in [0.15, 0.2) is 11.6 Å². The highest BCUT2D eigenvalue weighted by Crippen LogP contribution is 2.15. The molecule has 0 atom stereocenters. The molecule has 0 saturated carbocycles. The third-order valence-corrected chi connectivity index (χ3v) is 4.34. The highest BCUT2D eigenvalue weighted by molar-refractivity contribution is 5.96. The number of carbonyl (C=O) groups excluding carboxylic acids is 2. The van der Waals surface area contributed by atoms with E-state index in [-0.39, 0.29) is 18.0 Å². The Kier molecular flexibility index (Phi) is 5.46. The van der Waals surface area contributed by atoms with Crippen molar-refractivity contribution in [2.75, 3.05) is 37.6 Å². The summed E-state index contributed by atoms with van der Waals surface area (Å²) in [5.74, 6) is -2.93. The Morgan fingerprint density at radius 3 is 2.27 bits per heavy atom. The van der Waals surface area contributed by atoms with E-state index < -0.39 is 17.5 Å². The fourth-order valence-corrected chi connectivity index (χ4v) is 2.86. The SMILES string of the molecule is O=C(NCC(=O)N1CCN(c2ccccc2)CC1)c1ccc(F)c(F)c1. The zero-order valence-corrected chi connectivity index (χ0v) is 14.1. The van der Waals surface area contributed by atoms with Gasteiger partial charge in [-0.1, -0.05) is 18.2 Å². The lowest BCUT2D eigenvalue weighted by molar-refractivity contribution is -0.130. The van der Waals surface area contributed by atoms with Crippen molar-refractivity contribution in [3.63, 3.8) is 0 Å². The molecular formula is C19H19F2N3O2. The standard InChI is InChI=1S/C19H19F2N3O2/c20-16-7-6-14(12-17(16)21)19(26)22-13-18(25)24-10-8-23(9-11-24)15-4-2-1-3-5-15/h1-7,12H,8-11,13H2,(H,22,26). The third kappa shape index (κ3) is 4.17. The molecule has 5 nitrogen and oxygen atoms in total. The Morgan fingerprint density at radius 1 is 0.923 bits per heavy atom. The monoisotopic (exact) mass is 359 g/mol. The predicted molar refractivity (Wildman–Crippen MR) is 93.9 cm³/mol. The molecule has 1 heterocycles. The van der Waals surface area contributed by atoms with Crippen molar-refractivity contribution in [3.8, 4) is 0 Å². The second kappa shape index (κ2) is 7.95. The van der Waals surface area contributed by atoms with Gasteiger partial charge in [-0.25, -0.2) is 8.78 Å². The average molecular weight is 359 g/mol. The Hall–Kier alpha value is -2.96. The summed E-state index contributed by atoms with van der Waals surface area (Å²) in [6.07, 6.45) is 0. The number of hydrogen-bond donors (Lipinski definition) is 1. The van der Waals surface area contributed by atoms with Crippen LogP contribution in [0.5, 0.6) is 0 Å². The van der Waals surface area contributed by atoms with Crippen LogP contribution in [0.4, 0.5) is 14.5 Å². The number of anilines is 1. The Labute approximate surface area is 150 Å². The number of carbonyl (C=O) groups is 2. The third-order valence-electron chi connectivity index (χ3n) is 4.34. The van der Waals surface area contributed by atoms with E-state index in [4.69, 9.17) is 0 Å². The van der Waals surface area contributed by atoms with E-state index in [1.807, 2.05) is 30.3 Å². The van der Waals surface area contributed by atoms with Crippen LogP contribution in [-0.4, -0.2) is 49.4 Å². The lowest BCUT2D eigenvalue weighted by atomic mass is 10.2. The van der Waals surface area contributed by atoms with Crippen molar-refractivity contribution in [1.82, 2.24) is 10.2 Å². The van der Waals surface area contributed by atoms with Gasteiger partial charge >= 0.3 is 0 Å². The summed E-state index contributed by atoms with van der Waals surface area (Å²) >= 11 is 0. The van der Waals surface area contributed by atoms with E-state index in [0.717, 1.165) is 17.8 Å². The summed E-state index contributed by atoms with van der Waals surface area (Å²) < 4.78 is 26.1. The first-order chi connectivity index (χ1) is 12.5. The molecule has 1 aliphatic heterocycles. The Morgan fingerprint density at radius 2 is 1.62 bits per heavy atom. The van der Waals surface area contributed by atoms with E-state index in [9.17, 15) is 18.4 Å². The van der Waals surface area contributed by atoms with E-state index in [2.05, 4.69) is 10.2 Å². The summed E-state index contributed by atoms with van der Waals surface area (Å²) in [6.45, 7) is 2.38. The van der Waals surface area contributed by atoms with Gasteiger partial charge in [0.25, 0.3) is 5.91 Å². The molecule has 136 valence electrons. The lowest BCUT2D eigenvalue weighted by Crippen LogP contribution is -2.51. The zero-order valence-electron chi connectivity index (χ0n) is 14.1. The highest BCUT2D eigenvalue weighted by Gasteiger charge is 2.21. The van der Waals surface area contributed by atoms with Gasteiger partial charge in [-0.2, -0.15) is 0 Å². The largest absolute Gasteiger partial charge is 0.368 e. The minimum atomic E-state index is -1.10. The van der Waals surface area contributed by atoms with Gasteiger partial charge in [0.1, 0.15) is 0 Å². The van der Waals surface area contributed by atoms with Crippen molar-refractivity contribution >= 4 is 17.5 Å². The number of hydrogen-bond acceptors (Lipinski definition) is 3. The number of piperazine rings is 1. The molecule has 1 fully saturated rings. The zero-order chi connectivity index (χ0) is 18.5. The average Bonchev–Trinajstić information content (AvgIpc) is 2.68. The lowest BCUT2D eigenvalue weighted by Gasteiger charge is -2.36. The van der Waals surface area contributed by atoms with Crippen molar-refractivity contribution < 1.29 is 18.4 Å². The van der Waals surface area contributed by atoms with Crippen LogP contribution in [0.3, 0.4) is 0 Å². The maximum Gasteiger partial charge on any atom is 0.251 e.